The maximum absolute atomic E-state index is 13.3. The number of rotatable bonds is 6. The Bertz CT molecular complexity index is 991. The minimum Gasteiger partial charge on any atom is -0.271 e. The Morgan fingerprint density at radius 3 is 2.46 bits per heavy atom. The molecule has 0 saturated carbocycles. The van der Waals surface area contributed by atoms with Crippen molar-refractivity contribution in [3.8, 4) is 0 Å². The predicted octanol–water partition coefficient (Wildman–Crippen LogP) is 2.76. The summed E-state index contributed by atoms with van der Waals surface area (Å²) in [6, 6.07) is 8.91. The van der Waals surface area contributed by atoms with Crippen LogP contribution in [0.5, 0.6) is 0 Å². The molecule has 2 aromatic rings. The van der Waals surface area contributed by atoms with Crippen molar-refractivity contribution in [3.05, 3.63) is 65.5 Å². The Hall–Kier alpha value is -2.95. The first kappa shape index (κ1) is 21.4. The number of sulfonamides is 1. The molecule has 0 radical (unpaired) electrons. The Morgan fingerprint density at radius 1 is 1.18 bits per heavy atom. The van der Waals surface area contributed by atoms with Crippen molar-refractivity contribution in [3.63, 3.8) is 0 Å². The molecule has 0 aliphatic rings. The fourth-order valence-corrected chi connectivity index (χ4v) is 3.02. The molecule has 1 amide bonds. The number of hydrazone groups is 1. The van der Waals surface area contributed by atoms with Gasteiger partial charge in [0, 0.05) is 0 Å². The zero-order valence-corrected chi connectivity index (χ0v) is 15.3. The Kier molecular flexibility index (Phi) is 6.39. The van der Waals surface area contributed by atoms with Crippen molar-refractivity contribution in [2.24, 2.45) is 5.10 Å². The van der Waals surface area contributed by atoms with E-state index in [1.807, 2.05) is 5.43 Å². The van der Waals surface area contributed by atoms with E-state index in [9.17, 15) is 30.8 Å². The second kappa shape index (κ2) is 8.38. The Labute approximate surface area is 158 Å². The van der Waals surface area contributed by atoms with E-state index < -0.39 is 40.0 Å². The van der Waals surface area contributed by atoms with Crippen molar-refractivity contribution in [1.82, 2.24) is 5.43 Å². The molecule has 11 heteroatoms. The summed E-state index contributed by atoms with van der Waals surface area (Å²) < 4.78 is 75.8. The van der Waals surface area contributed by atoms with Crippen LogP contribution in [0.3, 0.4) is 0 Å². The number of alkyl halides is 3. The van der Waals surface area contributed by atoms with Gasteiger partial charge in [-0.05, 0) is 35.9 Å². The highest BCUT2D eigenvalue weighted by Gasteiger charge is 2.30. The summed E-state index contributed by atoms with van der Waals surface area (Å²) in [5.41, 5.74) is 1.18. The minimum atomic E-state index is -4.52. The quantitative estimate of drug-likeness (QED) is 0.446. The first-order valence-electron chi connectivity index (χ1n) is 7.69. The van der Waals surface area contributed by atoms with E-state index in [4.69, 9.17) is 0 Å². The molecule has 0 aromatic heterocycles. The topological polar surface area (TPSA) is 78.8 Å². The van der Waals surface area contributed by atoms with Crippen molar-refractivity contribution in [2.75, 3.05) is 17.1 Å². The molecule has 1 N–H and O–H groups in total. The molecule has 0 spiro atoms. The SMILES string of the molecule is CS(=O)(=O)N(CC(=O)N/N=C\c1cccc(C(F)(F)F)c1)c1cccc(F)c1. The highest BCUT2D eigenvalue weighted by molar-refractivity contribution is 7.92. The molecular weight excluding hydrogens is 402 g/mol. The molecule has 0 aliphatic heterocycles. The van der Waals surface area contributed by atoms with Crippen LogP contribution in [0.15, 0.2) is 53.6 Å². The van der Waals surface area contributed by atoms with Crippen molar-refractivity contribution in [1.29, 1.82) is 0 Å². The van der Waals surface area contributed by atoms with Gasteiger partial charge in [0.25, 0.3) is 5.91 Å². The first-order valence-corrected chi connectivity index (χ1v) is 9.54. The summed E-state index contributed by atoms with van der Waals surface area (Å²) in [6.07, 6.45) is -2.69. The van der Waals surface area contributed by atoms with Gasteiger partial charge in [-0.2, -0.15) is 18.3 Å². The van der Waals surface area contributed by atoms with E-state index in [0.29, 0.717) is 4.31 Å². The van der Waals surface area contributed by atoms with E-state index >= 15 is 0 Å². The lowest BCUT2D eigenvalue weighted by Crippen LogP contribution is -2.39. The summed E-state index contributed by atoms with van der Waals surface area (Å²) in [6.45, 7) is -0.692. The zero-order chi connectivity index (χ0) is 20.9. The number of halogens is 4. The molecule has 150 valence electrons. The molecule has 6 nitrogen and oxygen atoms in total. The molecule has 0 atom stereocenters. The van der Waals surface area contributed by atoms with E-state index in [0.717, 1.165) is 36.7 Å². The van der Waals surface area contributed by atoms with Crippen LogP contribution in [-0.2, 0) is 21.0 Å². The number of benzene rings is 2. The van der Waals surface area contributed by atoms with Gasteiger partial charge < -0.3 is 0 Å². The fourth-order valence-electron chi connectivity index (χ4n) is 2.17. The smallest absolute Gasteiger partial charge is 0.271 e. The van der Waals surface area contributed by atoms with Crippen LogP contribution in [0.1, 0.15) is 11.1 Å². The molecular formula is C17H15F4N3O3S. The third-order valence-corrected chi connectivity index (χ3v) is 4.54. The lowest BCUT2D eigenvalue weighted by atomic mass is 10.1. The fraction of sp³-hybridized carbons (Fsp3) is 0.176. The average molecular weight is 417 g/mol. The zero-order valence-electron chi connectivity index (χ0n) is 14.4. The Balaban J connectivity index is 2.09. The number of nitrogens with zero attached hydrogens (tertiary/aromatic N) is 2. The molecule has 0 saturated heterocycles. The summed E-state index contributed by atoms with van der Waals surface area (Å²) in [5.74, 6) is -1.55. The molecule has 0 bridgehead atoms. The molecule has 0 fully saturated rings. The highest BCUT2D eigenvalue weighted by atomic mass is 32.2. The van der Waals surface area contributed by atoms with Gasteiger partial charge in [0.05, 0.1) is 23.7 Å². The van der Waals surface area contributed by atoms with Crippen LogP contribution < -0.4 is 9.73 Å². The van der Waals surface area contributed by atoms with Crippen molar-refractivity contribution >= 4 is 27.8 Å². The normalized spacial score (nSPS) is 12.2. The van der Waals surface area contributed by atoms with Gasteiger partial charge in [-0.25, -0.2) is 18.2 Å². The predicted molar refractivity (Wildman–Crippen MR) is 95.8 cm³/mol. The van der Waals surface area contributed by atoms with Crippen LogP contribution in [-0.4, -0.2) is 33.3 Å². The maximum atomic E-state index is 13.3. The number of hydrogen-bond donors (Lipinski definition) is 1. The maximum Gasteiger partial charge on any atom is 0.416 e. The number of amides is 1. The van der Waals surface area contributed by atoms with Gasteiger partial charge in [-0.3, -0.25) is 9.10 Å². The highest BCUT2D eigenvalue weighted by Crippen LogP contribution is 2.29. The van der Waals surface area contributed by atoms with E-state index in [-0.39, 0.29) is 11.3 Å². The number of carbonyl (C=O) groups is 1. The van der Waals surface area contributed by atoms with Crippen LogP contribution in [0.4, 0.5) is 23.2 Å². The van der Waals surface area contributed by atoms with Crippen LogP contribution in [0.2, 0.25) is 0 Å². The largest absolute Gasteiger partial charge is 0.416 e. The molecule has 2 aromatic carbocycles. The van der Waals surface area contributed by atoms with E-state index in [2.05, 4.69) is 5.10 Å². The molecule has 0 unspecified atom stereocenters. The van der Waals surface area contributed by atoms with Gasteiger partial charge >= 0.3 is 6.18 Å². The Morgan fingerprint density at radius 2 is 1.86 bits per heavy atom. The van der Waals surface area contributed by atoms with Gasteiger partial charge in [-0.1, -0.05) is 18.2 Å². The molecule has 0 heterocycles. The van der Waals surface area contributed by atoms with Gasteiger partial charge in [0.15, 0.2) is 0 Å². The standard InChI is InChI=1S/C17H15F4N3O3S/c1-28(26,27)24(15-7-3-6-14(18)9-15)11-16(25)23-22-10-12-4-2-5-13(8-12)17(19,20)21/h2-10H,11H2,1H3,(H,23,25)/b22-10-. The second-order valence-corrected chi connectivity index (χ2v) is 7.57. The second-order valence-electron chi connectivity index (χ2n) is 5.67. The molecule has 28 heavy (non-hydrogen) atoms. The third kappa shape index (κ3) is 6.05. The average Bonchev–Trinajstić information content (AvgIpc) is 2.58. The third-order valence-electron chi connectivity index (χ3n) is 3.40. The van der Waals surface area contributed by atoms with Crippen LogP contribution >= 0.6 is 0 Å². The van der Waals surface area contributed by atoms with Gasteiger partial charge in [-0.15, -0.1) is 0 Å². The number of carbonyl (C=O) groups excluding carboxylic acids is 1. The summed E-state index contributed by atoms with van der Waals surface area (Å²) in [5, 5.41) is 3.52. The van der Waals surface area contributed by atoms with Crippen molar-refractivity contribution in [2.45, 2.75) is 6.18 Å². The van der Waals surface area contributed by atoms with E-state index in [1.165, 1.54) is 24.3 Å². The molecule has 2 rings (SSSR count). The van der Waals surface area contributed by atoms with Gasteiger partial charge in [0.2, 0.25) is 10.0 Å². The summed E-state index contributed by atoms with van der Waals surface area (Å²) in [4.78, 5) is 12.0. The van der Waals surface area contributed by atoms with Crippen molar-refractivity contribution < 1.29 is 30.8 Å². The monoisotopic (exact) mass is 417 g/mol. The number of nitrogens with one attached hydrogen (secondary N) is 1. The molecule has 0 aliphatic carbocycles. The van der Waals surface area contributed by atoms with Crippen LogP contribution in [0, 0.1) is 5.82 Å². The lowest BCUT2D eigenvalue weighted by Gasteiger charge is -2.21. The van der Waals surface area contributed by atoms with Gasteiger partial charge in [0.1, 0.15) is 12.4 Å². The summed E-state index contributed by atoms with van der Waals surface area (Å²) >= 11 is 0. The lowest BCUT2D eigenvalue weighted by molar-refractivity contribution is -0.137. The first-order chi connectivity index (χ1) is 13.0. The summed E-state index contributed by atoms with van der Waals surface area (Å²) in [7, 11) is -3.90. The number of hydrogen-bond acceptors (Lipinski definition) is 4. The van der Waals surface area contributed by atoms with Crippen LogP contribution in [0.25, 0.3) is 0 Å². The minimum absolute atomic E-state index is 0.0560. The van der Waals surface area contributed by atoms with E-state index in [1.54, 1.807) is 0 Å². The number of anilines is 1.